The van der Waals surface area contributed by atoms with Gasteiger partial charge in [0, 0.05) is 12.8 Å². The summed E-state index contributed by atoms with van der Waals surface area (Å²) < 4.78 is 34.2. The van der Waals surface area contributed by atoms with Crippen LogP contribution in [0.3, 0.4) is 0 Å². The zero-order chi connectivity index (χ0) is 37.2. The fourth-order valence-corrected chi connectivity index (χ4v) is 5.09. The van der Waals surface area contributed by atoms with Gasteiger partial charge in [-0.3, -0.25) is 18.6 Å². The number of phosphoric ester groups is 1. The van der Waals surface area contributed by atoms with Gasteiger partial charge in [0.25, 0.3) is 0 Å². The van der Waals surface area contributed by atoms with Crippen molar-refractivity contribution in [3.05, 3.63) is 72.9 Å². The van der Waals surface area contributed by atoms with E-state index in [4.69, 9.17) is 18.5 Å². The first-order valence-electron chi connectivity index (χ1n) is 18.7. The number of quaternary nitrogens is 1. The molecule has 286 valence electrons. The molecular weight excluding hydrogens is 653 g/mol. The Hall–Kier alpha value is -2.55. The lowest BCUT2D eigenvalue weighted by molar-refractivity contribution is -0.870. The summed E-state index contributed by atoms with van der Waals surface area (Å²) in [7, 11) is 1.31. The third-order valence-corrected chi connectivity index (χ3v) is 8.22. The van der Waals surface area contributed by atoms with Gasteiger partial charge in [0.15, 0.2) is 0 Å². The molecule has 0 aromatic rings. The molecule has 0 aromatic carbocycles. The van der Waals surface area contributed by atoms with Crippen LogP contribution in [0, 0.1) is 0 Å². The van der Waals surface area contributed by atoms with E-state index in [9.17, 15) is 19.0 Å². The van der Waals surface area contributed by atoms with E-state index in [1.54, 1.807) is 0 Å². The molecule has 2 unspecified atom stereocenters. The van der Waals surface area contributed by atoms with Gasteiger partial charge in [0.05, 0.1) is 21.1 Å². The summed E-state index contributed by atoms with van der Waals surface area (Å²) in [5.74, 6) is -0.918. The van der Waals surface area contributed by atoms with Gasteiger partial charge in [-0.25, -0.2) is 4.57 Å². The van der Waals surface area contributed by atoms with Crippen molar-refractivity contribution in [3.8, 4) is 0 Å². The maximum absolute atomic E-state index is 12.6. The predicted molar refractivity (Wildman–Crippen MR) is 206 cm³/mol. The lowest BCUT2D eigenvalue weighted by atomic mass is 10.1. The van der Waals surface area contributed by atoms with Crippen LogP contribution in [-0.4, -0.2) is 74.9 Å². The third kappa shape index (κ3) is 35.3. The monoisotopic (exact) mass is 722 g/mol. The molecular formula is C40H69NO8P+. The number of hydrogen-bond donors (Lipinski definition) is 1. The van der Waals surface area contributed by atoms with E-state index < -0.39 is 25.9 Å². The molecule has 10 heteroatoms. The van der Waals surface area contributed by atoms with E-state index >= 15 is 0 Å². The van der Waals surface area contributed by atoms with E-state index in [1.807, 2.05) is 27.2 Å². The largest absolute Gasteiger partial charge is 0.472 e. The average Bonchev–Trinajstić information content (AvgIpc) is 3.05. The molecule has 0 aliphatic carbocycles. The number of esters is 2. The van der Waals surface area contributed by atoms with Crippen molar-refractivity contribution in [2.75, 3.05) is 47.5 Å². The summed E-state index contributed by atoms with van der Waals surface area (Å²) in [4.78, 5) is 35.0. The van der Waals surface area contributed by atoms with Gasteiger partial charge in [0.2, 0.25) is 0 Å². The Balaban J connectivity index is 4.57. The molecule has 9 nitrogen and oxygen atoms in total. The summed E-state index contributed by atoms with van der Waals surface area (Å²) in [6.07, 6.45) is 38.2. The average molecular weight is 723 g/mol. The summed E-state index contributed by atoms with van der Waals surface area (Å²) in [6.45, 7) is 4.13. The molecule has 0 fully saturated rings. The highest BCUT2D eigenvalue weighted by Crippen LogP contribution is 2.44. The summed E-state index contributed by atoms with van der Waals surface area (Å²) in [5.41, 5.74) is 0. The molecule has 0 heterocycles. The molecule has 0 bridgehead atoms. The minimum Gasteiger partial charge on any atom is -0.463 e. The number of phosphoric acid groups is 1. The van der Waals surface area contributed by atoms with E-state index in [2.05, 4.69) is 80.7 Å². The van der Waals surface area contributed by atoms with Crippen LogP contribution in [0.4, 0.5) is 0 Å². The molecule has 0 saturated carbocycles. The Morgan fingerprint density at radius 2 is 1.14 bits per heavy atom. The highest BCUT2D eigenvalue weighted by molar-refractivity contribution is 7.47. The molecule has 0 amide bonds. The van der Waals surface area contributed by atoms with Crippen LogP contribution in [-0.2, 0) is 32.7 Å². The first kappa shape index (κ1) is 47.4. The van der Waals surface area contributed by atoms with Gasteiger partial charge < -0.3 is 18.9 Å². The number of hydrogen-bond acceptors (Lipinski definition) is 7. The third-order valence-electron chi connectivity index (χ3n) is 7.15. The van der Waals surface area contributed by atoms with Crippen molar-refractivity contribution in [2.45, 2.75) is 123 Å². The highest BCUT2D eigenvalue weighted by Gasteiger charge is 2.29. The topological polar surface area (TPSA) is 108 Å². The molecule has 0 saturated heterocycles. The zero-order valence-corrected chi connectivity index (χ0v) is 32.7. The van der Waals surface area contributed by atoms with Gasteiger partial charge in [-0.15, -0.1) is 0 Å². The van der Waals surface area contributed by atoms with Gasteiger partial charge in [-0.05, 0) is 77.0 Å². The Morgan fingerprint density at radius 3 is 1.78 bits per heavy atom. The van der Waals surface area contributed by atoms with E-state index in [1.165, 1.54) is 6.42 Å². The molecule has 0 spiro atoms. The van der Waals surface area contributed by atoms with E-state index in [0.717, 1.165) is 70.6 Å². The predicted octanol–water partition coefficient (Wildman–Crippen LogP) is 9.90. The van der Waals surface area contributed by atoms with Gasteiger partial charge in [0.1, 0.15) is 32.5 Å². The van der Waals surface area contributed by atoms with Crippen molar-refractivity contribution >= 4 is 19.8 Å². The van der Waals surface area contributed by atoms with Crippen LogP contribution in [0.15, 0.2) is 72.9 Å². The number of allylic oxidation sites excluding steroid dienone is 12. The Bertz CT molecular complexity index is 1090. The molecule has 0 aliphatic heterocycles. The molecule has 2 atom stereocenters. The zero-order valence-electron chi connectivity index (χ0n) is 31.8. The van der Waals surface area contributed by atoms with Crippen molar-refractivity contribution < 1.29 is 42.1 Å². The Labute approximate surface area is 304 Å². The maximum Gasteiger partial charge on any atom is 0.472 e. The highest BCUT2D eigenvalue weighted by atomic mass is 31.2. The van der Waals surface area contributed by atoms with Crippen molar-refractivity contribution in [2.24, 2.45) is 0 Å². The molecule has 0 aromatic heterocycles. The smallest absolute Gasteiger partial charge is 0.463 e. The van der Waals surface area contributed by atoms with E-state index in [0.29, 0.717) is 23.9 Å². The van der Waals surface area contributed by atoms with Gasteiger partial charge in [-0.1, -0.05) is 99.6 Å². The van der Waals surface area contributed by atoms with Gasteiger partial charge in [-0.2, -0.15) is 0 Å². The minimum atomic E-state index is -4.48. The van der Waals surface area contributed by atoms with Crippen LogP contribution < -0.4 is 0 Å². The standard InChI is InChI=1S/C40H68NO8P/c1-6-8-10-12-14-16-18-20-22-24-26-28-30-32-39(42)46-36-38(49-50(44,45)48-35-34-41(3,4)5)37-47-40(43)33-31-29-27-25-23-21-19-17-15-13-11-9-7-2/h10-14,16-17,19,22,24,27,29,38H,6-9,15,18,20-21,23,25-26,28,30-37H2,1-5H3/p+1/b12-10+,13-11+,16-14+,19-17+,24-22+,29-27+. The Morgan fingerprint density at radius 1 is 0.640 bits per heavy atom. The summed E-state index contributed by atoms with van der Waals surface area (Å²) in [5, 5.41) is 0. The normalized spacial score (nSPS) is 14.6. The van der Waals surface area contributed by atoms with Gasteiger partial charge >= 0.3 is 19.8 Å². The number of carbonyl (C=O) groups is 2. The lowest BCUT2D eigenvalue weighted by Gasteiger charge is -2.25. The van der Waals surface area contributed by atoms with Crippen molar-refractivity contribution in [1.29, 1.82) is 0 Å². The quantitative estimate of drug-likeness (QED) is 0.0183. The maximum atomic E-state index is 12.6. The fourth-order valence-electron chi connectivity index (χ4n) is 4.21. The molecule has 1 N–H and O–H groups in total. The lowest BCUT2D eigenvalue weighted by Crippen LogP contribution is -2.37. The second-order valence-electron chi connectivity index (χ2n) is 13.3. The van der Waals surface area contributed by atoms with Crippen LogP contribution in [0.25, 0.3) is 0 Å². The molecule has 0 radical (unpaired) electrons. The van der Waals surface area contributed by atoms with Crippen LogP contribution >= 0.6 is 7.82 Å². The first-order valence-corrected chi connectivity index (χ1v) is 20.2. The first-order chi connectivity index (χ1) is 24.0. The van der Waals surface area contributed by atoms with Crippen LogP contribution in [0.1, 0.15) is 117 Å². The fraction of sp³-hybridized carbons (Fsp3) is 0.650. The van der Waals surface area contributed by atoms with Crippen molar-refractivity contribution in [1.82, 2.24) is 0 Å². The second kappa shape index (κ2) is 32.4. The summed E-state index contributed by atoms with van der Waals surface area (Å²) >= 11 is 0. The number of ether oxygens (including phenoxy) is 2. The molecule has 50 heavy (non-hydrogen) atoms. The number of unbranched alkanes of at least 4 members (excludes halogenated alkanes) is 7. The number of likely N-dealkylation sites (N-methyl/N-ethyl adjacent to an activating group) is 1. The van der Waals surface area contributed by atoms with Crippen LogP contribution in [0.2, 0.25) is 0 Å². The molecule has 0 rings (SSSR count). The minimum absolute atomic E-state index is 0.00980. The Kier molecular flexibility index (Phi) is 30.7. The van der Waals surface area contributed by atoms with Crippen LogP contribution in [0.5, 0.6) is 0 Å². The molecule has 0 aliphatic rings. The SMILES string of the molecule is CCC/C=C/C=C/CC/C=C/CCCCC(=O)OCC(COC(=O)CC/C=C/CCC/C=C/C/C=C/CCC)OP(=O)(O)OCC[N+](C)(C)C. The van der Waals surface area contributed by atoms with E-state index in [-0.39, 0.29) is 32.7 Å². The number of carbonyl (C=O) groups excluding carboxylic acids is 2. The number of rotatable bonds is 32. The number of nitrogens with zero attached hydrogens (tertiary/aromatic N) is 1. The second-order valence-corrected chi connectivity index (χ2v) is 14.7. The summed E-state index contributed by atoms with van der Waals surface area (Å²) in [6, 6.07) is 0. The van der Waals surface area contributed by atoms with Crippen molar-refractivity contribution in [3.63, 3.8) is 0 Å².